The third-order valence-corrected chi connectivity index (χ3v) is 3.05. The number of aryl methyl sites for hydroxylation is 1. The maximum absolute atomic E-state index is 11.7. The molecule has 20 heavy (non-hydrogen) atoms. The number of nitrogens with zero attached hydrogens (tertiary/aromatic N) is 1. The summed E-state index contributed by atoms with van der Waals surface area (Å²) >= 11 is 0. The molecule has 0 saturated heterocycles. The van der Waals surface area contributed by atoms with E-state index in [9.17, 15) is 4.79 Å². The Morgan fingerprint density at radius 1 is 1.30 bits per heavy atom. The fraction of sp³-hybridized carbons (Fsp3) is 0.235. The molecule has 0 fully saturated rings. The van der Waals surface area contributed by atoms with Gasteiger partial charge in [0.25, 0.3) is 0 Å². The number of carbonyl (C=O) groups is 1. The van der Waals surface area contributed by atoms with Gasteiger partial charge in [-0.15, -0.1) is 0 Å². The minimum atomic E-state index is -0.115. The standard InChI is InChI=1S/C17H20N2O/c1-3-5-6-7-17(20)18-15-8-9-16-14(13-15)10-12-19(16)11-4-2/h3,5-10,12-13H,4,11H2,1-2H3,(H,18,20). The Labute approximate surface area is 119 Å². The molecule has 2 aromatic rings. The molecule has 1 aromatic carbocycles. The van der Waals surface area contributed by atoms with Gasteiger partial charge in [0.1, 0.15) is 0 Å². The number of rotatable bonds is 5. The lowest BCUT2D eigenvalue weighted by molar-refractivity contribution is -0.111. The van der Waals surface area contributed by atoms with Gasteiger partial charge >= 0.3 is 0 Å². The number of nitrogens with one attached hydrogen (secondary N) is 1. The van der Waals surface area contributed by atoms with Crippen LogP contribution in [0.3, 0.4) is 0 Å². The molecule has 0 spiro atoms. The SMILES string of the molecule is CC=CC=CC(=O)Nc1ccc2c(ccn2CCC)c1. The average Bonchev–Trinajstić information content (AvgIpc) is 2.82. The van der Waals surface area contributed by atoms with Crippen molar-refractivity contribution in [2.45, 2.75) is 26.8 Å². The molecule has 0 atom stereocenters. The van der Waals surface area contributed by atoms with Crippen LogP contribution < -0.4 is 5.32 Å². The second-order valence-corrected chi connectivity index (χ2v) is 4.66. The summed E-state index contributed by atoms with van der Waals surface area (Å²) in [6, 6.07) is 8.07. The number of amides is 1. The minimum Gasteiger partial charge on any atom is -0.347 e. The van der Waals surface area contributed by atoms with Crippen molar-refractivity contribution in [3.8, 4) is 0 Å². The molecule has 1 amide bonds. The van der Waals surface area contributed by atoms with Gasteiger partial charge < -0.3 is 9.88 Å². The van der Waals surface area contributed by atoms with Crippen LogP contribution in [-0.2, 0) is 11.3 Å². The molecule has 0 saturated carbocycles. The molecule has 1 N–H and O–H groups in total. The zero-order valence-corrected chi connectivity index (χ0v) is 12.0. The molecular formula is C17H20N2O. The predicted molar refractivity (Wildman–Crippen MR) is 84.8 cm³/mol. The summed E-state index contributed by atoms with van der Waals surface area (Å²) in [7, 11) is 0. The van der Waals surface area contributed by atoms with Crippen LogP contribution in [0.15, 0.2) is 54.8 Å². The topological polar surface area (TPSA) is 34.0 Å². The van der Waals surface area contributed by atoms with Crippen molar-refractivity contribution in [1.82, 2.24) is 4.57 Å². The van der Waals surface area contributed by atoms with Crippen LogP contribution in [0.5, 0.6) is 0 Å². The lowest BCUT2D eigenvalue weighted by Crippen LogP contribution is -2.07. The van der Waals surface area contributed by atoms with Gasteiger partial charge in [0.2, 0.25) is 5.91 Å². The summed E-state index contributed by atoms with van der Waals surface area (Å²) in [5.74, 6) is -0.115. The highest BCUT2D eigenvalue weighted by atomic mass is 16.1. The molecular weight excluding hydrogens is 248 g/mol. The van der Waals surface area contributed by atoms with Gasteiger partial charge in [-0.05, 0) is 37.6 Å². The van der Waals surface area contributed by atoms with E-state index in [-0.39, 0.29) is 5.91 Å². The summed E-state index contributed by atoms with van der Waals surface area (Å²) < 4.78 is 2.23. The third-order valence-electron chi connectivity index (χ3n) is 3.05. The fourth-order valence-electron chi connectivity index (χ4n) is 2.15. The Hall–Kier alpha value is -2.29. The maximum atomic E-state index is 11.7. The molecule has 0 aliphatic rings. The number of benzene rings is 1. The highest BCUT2D eigenvalue weighted by molar-refractivity contribution is 6.00. The van der Waals surface area contributed by atoms with E-state index in [0.717, 1.165) is 24.0 Å². The van der Waals surface area contributed by atoms with E-state index >= 15 is 0 Å². The quantitative estimate of drug-likeness (QED) is 0.642. The Morgan fingerprint density at radius 2 is 2.15 bits per heavy atom. The average molecular weight is 268 g/mol. The Kier molecular flexibility index (Phi) is 4.77. The van der Waals surface area contributed by atoms with Crippen LogP contribution in [0.2, 0.25) is 0 Å². The summed E-state index contributed by atoms with van der Waals surface area (Å²) in [5.41, 5.74) is 2.02. The van der Waals surface area contributed by atoms with Crippen LogP contribution >= 0.6 is 0 Å². The van der Waals surface area contributed by atoms with Crippen molar-refractivity contribution >= 4 is 22.5 Å². The van der Waals surface area contributed by atoms with Crippen molar-refractivity contribution < 1.29 is 4.79 Å². The number of allylic oxidation sites excluding steroid dienone is 3. The lowest BCUT2D eigenvalue weighted by atomic mass is 10.2. The van der Waals surface area contributed by atoms with Gasteiger partial charge in [0, 0.05) is 35.4 Å². The number of carbonyl (C=O) groups excluding carboxylic acids is 1. The van der Waals surface area contributed by atoms with Crippen LogP contribution in [0, 0.1) is 0 Å². The van der Waals surface area contributed by atoms with Crippen molar-refractivity contribution in [2.24, 2.45) is 0 Å². The van der Waals surface area contributed by atoms with E-state index in [4.69, 9.17) is 0 Å². The van der Waals surface area contributed by atoms with E-state index in [2.05, 4.69) is 35.1 Å². The summed E-state index contributed by atoms with van der Waals surface area (Å²) in [5, 5.41) is 4.01. The molecule has 0 aliphatic carbocycles. The summed E-state index contributed by atoms with van der Waals surface area (Å²) in [6.45, 7) is 5.09. The van der Waals surface area contributed by atoms with Crippen molar-refractivity contribution in [1.29, 1.82) is 0 Å². The van der Waals surface area contributed by atoms with Crippen molar-refractivity contribution in [2.75, 3.05) is 5.32 Å². The van der Waals surface area contributed by atoms with Gasteiger partial charge in [0.15, 0.2) is 0 Å². The molecule has 1 heterocycles. The van der Waals surface area contributed by atoms with E-state index in [1.807, 2.05) is 31.2 Å². The molecule has 3 heteroatoms. The third kappa shape index (κ3) is 3.38. The molecule has 0 radical (unpaired) electrons. The molecule has 0 aliphatic heterocycles. The first-order valence-electron chi connectivity index (χ1n) is 6.94. The number of fused-ring (bicyclic) bond motifs is 1. The van der Waals surface area contributed by atoms with Gasteiger partial charge in [0.05, 0.1) is 0 Å². The first-order chi connectivity index (χ1) is 9.74. The minimum absolute atomic E-state index is 0.115. The van der Waals surface area contributed by atoms with E-state index in [1.165, 1.54) is 11.6 Å². The number of hydrogen-bond donors (Lipinski definition) is 1. The first kappa shape index (κ1) is 14.1. The first-order valence-corrected chi connectivity index (χ1v) is 6.94. The lowest BCUT2D eigenvalue weighted by Gasteiger charge is -2.05. The highest BCUT2D eigenvalue weighted by Crippen LogP contribution is 2.20. The normalized spacial score (nSPS) is 11.7. The number of anilines is 1. The van der Waals surface area contributed by atoms with Crippen LogP contribution in [0.4, 0.5) is 5.69 Å². The zero-order chi connectivity index (χ0) is 14.4. The summed E-state index contributed by atoms with van der Waals surface area (Å²) in [6.07, 6.45) is 10.2. The van der Waals surface area contributed by atoms with Gasteiger partial charge in [-0.1, -0.05) is 25.2 Å². The second-order valence-electron chi connectivity index (χ2n) is 4.66. The molecule has 104 valence electrons. The predicted octanol–water partition coefficient (Wildman–Crippen LogP) is 4.12. The Balaban J connectivity index is 2.14. The Bertz CT molecular complexity index is 650. The zero-order valence-electron chi connectivity index (χ0n) is 12.0. The molecule has 1 aromatic heterocycles. The van der Waals surface area contributed by atoms with Crippen molar-refractivity contribution in [3.63, 3.8) is 0 Å². The second kappa shape index (κ2) is 6.75. The van der Waals surface area contributed by atoms with E-state index < -0.39 is 0 Å². The number of hydrogen-bond acceptors (Lipinski definition) is 1. The largest absolute Gasteiger partial charge is 0.347 e. The summed E-state index contributed by atoms with van der Waals surface area (Å²) in [4.78, 5) is 11.7. The fourth-order valence-corrected chi connectivity index (χ4v) is 2.15. The molecule has 0 bridgehead atoms. The van der Waals surface area contributed by atoms with E-state index in [0.29, 0.717) is 0 Å². The molecule has 3 nitrogen and oxygen atoms in total. The van der Waals surface area contributed by atoms with E-state index in [1.54, 1.807) is 6.08 Å². The molecule has 2 rings (SSSR count). The number of aromatic nitrogens is 1. The van der Waals surface area contributed by atoms with Gasteiger partial charge in [-0.2, -0.15) is 0 Å². The van der Waals surface area contributed by atoms with Gasteiger partial charge in [-0.25, -0.2) is 0 Å². The maximum Gasteiger partial charge on any atom is 0.248 e. The van der Waals surface area contributed by atoms with Crippen LogP contribution in [-0.4, -0.2) is 10.5 Å². The molecule has 0 unspecified atom stereocenters. The Morgan fingerprint density at radius 3 is 2.90 bits per heavy atom. The van der Waals surface area contributed by atoms with Crippen LogP contribution in [0.1, 0.15) is 20.3 Å². The van der Waals surface area contributed by atoms with Crippen molar-refractivity contribution in [3.05, 3.63) is 54.8 Å². The monoisotopic (exact) mass is 268 g/mol. The van der Waals surface area contributed by atoms with Gasteiger partial charge in [-0.3, -0.25) is 4.79 Å². The highest BCUT2D eigenvalue weighted by Gasteiger charge is 2.03. The van der Waals surface area contributed by atoms with Crippen LogP contribution in [0.25, 0.3) is 10.9 Å². The smallest absolute Gasteiger partial charge is 0.248 e.